The van der Waals surface area contributed by atoms with E-state index in [0.29, 0.717) is 23.7 Å². The van der Waals surface area contributed by atoms with Crippen molar-refractivity contribution in [3.8, 4) is 11.5 Å². The molecule has 1 rings (SSSR count). The lowest BCUT2D eigenvalue weighted by Crippen LogP contribution is -2.27. The van der Waals surface area contributed by atoms with Gasteiger partial charge in [-0.05, 0) is 31.5 Å². The van der Waals surface area contributed by atoms with Crippen LogP contribution in [0.25, 0.3) is 0 Å². The fourth-order valence-electron chi connectivity index (χ4n) is 1.80. The molecule has 4 heteroatoms. The zero-order valence-electron chi connectivity index (χ0n) is 12.2. The van der Waals surface area contributed by atoms with E-state index in [0.717, 1.165) is 19.4 Å². The Morgan fingerprint density at radius 2 is 2.00 bits per heavy atom. The molecule has 0 bridgehead atoms. The molecule has 1 aromatic carbocycles. The molecule has 0 saturated carbocycles. The minimum atomic E-state index is 0.0112. The number of ether oxygens (including phenoxy) is 2. The van der Waals surface area contributed by atoms with Crippen molar-refractivity contribution in [2.75, 3.05) is 27.3 Å². The van der Waals surface area contributed by atoms with Gasteiger partial charge in [-0.15, -0.1) is 0 Å². The van der Waals surface area contributed by atoms with Crippen LogP contribution in [0.15, 0.2) is 18.2 Å². The van der Waals surface area contributed by atoms with Crippen LogP contribution < -0.4 is 9.47 Å². The zero-order valence-corrected chi connectivity index (χ0v) is 12.2. The first-order valence-electron chi connectivity index (χ1n) is 6.70. The number of rotatable bonds is 7. The van der Waals surface area contributed by atoms with Crippen molar-refractivity contribution in [2.45, 2.75) is 26.7 Å². The molecule has 4 nitrogen and oxygen atoms in total. The number of nitrogens with zero attached hydrogens (tertiary/aromatic N) is 1. The summed E-state index contributed by atoms with van der Waals surface area (Å²) in [6, 6.07) is 5.28. The van der Waals surface area contributed by atoms with E-state index in [9.17, 15) is 4.79 Å². The van der Waals surface area contributed by atoms with E-state index in [1.165, 1.54) is 0 Å². The van der Waals surface area contributed by atoms with Crippen LogP contribution in [0.2, 0.25) is 0 Å². The molecule has 0 aliphatic rings. The molecule has 0 saturated heterocycles. The molecule has 0 aromatic heterocycles. The molecule has 0 N–H and O–H groups in total. The van der Waals surface area contributed by atoms with Crippen LogP contribution in [-0.2, 0) is 0 Å². The summed E-state index contributed by atoms with van der Waals surface area (Å²) < 4.78 is 10.7. The Labute approximate surface area is 115 Å². The van der Waals surface area contributed by atoms with Gasteiger partial charge in [0.15, 0.2) is 11.5 Å². The maximum atomic E-state index is 12.2. The first kappa shape index (κ1) is 15.3. The molecule has 0 unspecified atom stereocenters. The number of unbranched alkanes of at least 4 members (excludes halogenated alkanes) is 1. The maximum absolute atomic E-state index is 12.2. The second-order valence-electron chi connectivity index (χ2n) is 4.38. The zero-order chi connectivity index (χ0) is 14.3. The van der Waals surface area contributed by atoms with Gasteiger partial charge in [-0.25, -0.2) is 0 Å². The highest BCUT2D eigenvalue weighted by molar-refractivity contribution is 5.94. The monoisotopic (exact) mass is 265 g/mol. The van der Waals surface area contributed by atoms with Crippen LogP contribution in [-0.4, -0.2) is 38.1 Å². The molecule has 1 aromatic rings. The van der Waals surface area contributed by atoms with Crippen LogP contribution in [0, 0.1) is 0 Å². The molecule has 0 heterocycles. The van der Waals surface area contributed by atoms with Crippen molar-refractivity contribution in [3.05, 3.63) is 23.8 Å². The minimum Gasteiger partial charge on any atom is -0.493 e. The smallest absolute Gasteiger partial charge is 0.253 e. The number of amides is 1. The Bertz CT molecular complexity index is 418. The van der Waals surface area contributed by atoms with Crippen molar-refractivity contribution in [1.29, 1.82) is 0 Å². The Morgan fingerprint density at radius 3 is 2.58 bits per heavy atom. The van der Waals surface area contributed by atoms with Crippen LogP contribution in [0.4, 0.5) is 0 Å². The topological polar surface area (TPSA) is 38.8 Å². The molecule has 0 fully saturated rings. The highest BCUT2D eigenvalue weighted by Gasteiger charge is 2.14. The van der Waals surface area contributed by atoms with Gasteiger partial charge in [0.1, 0.15) is 0 Å². The average Bonchev–Trinajstić information content (AvgIpc) is 2.44. The lowest BCUT2D eigenvalue weighted by atomic mass is 10.1. The first-order valence-corrected chi connectivity index (χ1v) is 6.70. The SMILES string of the molecule is CCCCN(C)C(=O)c1ccc(OC)c(OCC)c1. The molecule has 0 spiro atoms. The predicted octanol–water partition coefficient (Wildman–Crippen LogP) is 2.97. The molecular formula is C15H23NO3. The minimum absolute atomic E-state index is 0.0112. The Balaban J connectivity index is 2.88. The molecule has 0 aliphatic heterocycles. The molecule has 0 atom stereocenters. The van der Waals surface area contributed by atoms with Gasteiger partial charge >= 0.3 is 0 Å². The van der Waals surface area contributed by atoms with E-state index >= 15 is 0 Å². The second kappa shape index (κ2) is 7.67. The van der Waals surface area contributed by atoms with E-state index < -0.39 is 0 Å². The Hall–Kier alpha value is -1.71. The van der Waals surface area contributed by atoms with Crippen LogP contribution in [0.1, 0.15) is 37.0 Å². The van der Waals surface area contributed by atoms with E-state index in [1.807, 2.05) is 14.0 Å². The van der Waals surface area contributed by atoms with E-state index in [1.54, 1.807) is 30.2 Å². The molecule has 0 aliphatic carbocycles. The number of hydrogen-bond donors (Lipinski definition) is 0. The summed E-state index contributed by atoms with van der Waals surface area (Å²) in [7, 11) is 3.41. The standard InChI is InChI=1S/C15H23NO3/c1-5-7-10-16(3)15(17)12-8-9-13(18-4)14(11-12)19-6-2/h8-9,11H,5-7,10H2,1-4H3. The second-order valence-corrected chi connectivity index (χ2v) is 4.38. The largest absolute Gasteiger partial charge is 0.493 e. The number of carbonyl (C=O) groups excluding carboxylic acids is 1. The van der Waals surface area contributed by atoms with Crippen molar-refractivity contribution < 1.29 is 14.3 Å². The summed E-state index contributed by atoms with van der Waals surface area (Å²) >= 11 is 0. The predicted molar refractivity (Wildman–Crippen MR) is 76.0 cm³/mol. The number of benzene rings is 1. The van der Waals surface area contributed by atoms with Gasteiger partial charge in [-0.3, -0.25) is 4.79 Å². The highest BCUT2D eigenvalue weighted by Crippen LogP contribution is 2.28. The summed E-state index contributed by atoms with van der Waals surface area (Å²) in [5, 5.41) is 0. The van der Waals surface area contributed by atoms with Gasteiger partial charge in [0.05, 0.1) is 13.7 Å². The van der Waals surface area contributed by atoms with Crippen LogP contribution in [0.3, 0.4) is 0 Å². The van der Waals surface area contributed by atoms with Gasteiger partial charge in [-0.2, -0.15) is 0 Å². The molecule has 0 radical (unpaired) electrons. The highest BCUT2D eigenvalue weighted by atomic mass is 16.5. The summed E-state index contributed by atoms with van der Waals surface area (Å²) in [5.74, 6) is 1.27. The lowest BCUT2D eigenvalue weighted by molar-refractivity contribution is 0.0792. The van der Waals surface area contributed by atoms with Gasteiger partial charge in [0.2, 0.25) is 0 Å². The summed E-state index contributed by atoms with van der Waals surface area (Å²) in [5.41, 5.74) is 0.628. The first-order chi connectivity index (χ1) is 9.13. The van der Waals surface area contributed by atoms with Crippen molar-refractivity contribution in [2.24, 2.45) is 0 Å². The summed E-state index contributed by atoms with van der Waals surface area (Å²) in [6.07, 6.45) is 2.08. The number of methoxy groups -OCH3 is 1. The summed E-state index contributed by atoms with van der Waals surface area (Å²) in [6.45, 7) is 5.32. The van der Waals surface area contributed by atoms with Crippen LogP contribution in [0.5, 0.6) is 11.5 Å². The average molecular weight is 265 g/mol. The number of hydrogen-bond acceptors (Lipinski definition) is 3. The van der Waals surface area contributed by atoms with E-state index in [-0.39, 0.29) is 5.91 Å². The third kappa shape index (κ3) is 4.16. The van der Waals surface area contributed by atoms with Gasteiger partial charge in [-0.1, -0.05) is 13.3 Å². The fraction of sp³-hybridized carbons (Fsp3) is 0.533. The molecule has 19 heavy (non-hydrogen) atoms. The van der Waals surface area contributed by atoms with Crippen molar-refractivity contribution in [3.63, 3.8) is 0 Å². The molecular weight excluding hydrogens is 242 g/mol. The third-order valence-electron chi connectivity index (χ3n) is 2.90. The molecule has 1 amide bonds. The van der Waals surface area contributed by atoms with Crippen molar-refractivity contribution in [1.82, 2.24) is 4.90 Å². The Morgan fingerprint density at radius 1 is 1.26 bits per heavy atom. The molecule has 106 valence electrons. The quantitative estimate of drug-likeness (QED) is 0.761. The maximum Gasteiger partial charge on any atom is 0.253 e. The Kier molecular flexibility index (Phi) is 6.19. The van der Waals surface area contributed by atoms with E-state index in [2.05, 4.69) is 6.92 Å². The fourth-order valence-corrected chi connectivity index (χ4v) is 1.80. The summed E-state index contributed by atoms with van der Waals surface area (Å²) in [4.78, 5) is 14.0. The third-order valence-corrected chi connectivity index (χ3v) is 2.90. The van der Waals surface area contributed by atoms with Crippen LogP contribution >= 0.6 is 0 Å². The van der Waals surface area contributed by atoms with Gasteiger partial charge < -0.3 is 14.4 Å². The normalized spacial score (nSPS) is 10.1. The van der Waals surface area contributed by atoms with Gasteiger partial charge in [0.25, 0.3) is 5.91 Å². The lowest BCUT2D eigenvalue weighted by Gasteiger charge is -2.18. The van der Waals surface area contributed by atoms with Gasteiger partial charge in [0, 0.05) is 19.2 Å². The van der Waals surface area contributed by atoms with E-state index in [4.69, 9.17) is 9.47 Å². The van der Waals surface area contributed by atoms with Crippen molar-refractivity contribution >= 4 is 5.91 Å². The number of carbonyl (C=O) groups is 1.